The summed E-state index contributed by atoms with van der Waals surface area (Å²) in [6.45, 7) is 4.77. The van der Waals surface area contributed by atoms with Crippen LogP contribution in [-0.2, 0) is 9.59 Å². The molecule has 29 heavy (non-hydrogen) atoms. The highest BCUT2D eigenvalue weighted by atomic mass is 19.4. The Morgan fingerprint density at radius 2 is 1.76 bits per heavy atom. The van der Waals surface area contributed by atoms with E-state index in [9.17, 15) is 22.8 Å². The first-order valence-electron chi connectivity index (χ1n) is 9.62. The molecule has 160 valence electrons. The van der Waals surface area contributed by atoms with Gasteiger partial charge in [0.2, 0.25) is 11.8 Å². The van der Waals surface area contributed by atoms with E-state index in [4.69, 9.17) is 0 Å². The quantitative estimate of drug-likeness (QED) is 0.712. The molecule has 2 aliphatic rings. The fourth-order valence-corrected chi connectivity index (χ4v) is 3.17. The fraction of sp³-hybridized carbons (Fsp3) is 0.579. The van der Waals surface area contributed by atoms with Crippen LogP contribution in [-0.4, -0.2) is 72.8 Å². The average Bonchev–Trinajstić information content (AvgIpc) is 3.46. The molecule has 0 spiro atoms. The summed E-state index contributed by atoms with van der Waals surface area (Å²) < 4.78 is 40.3. The number of hydrogen-bond acceptors (Lipinski definition) is 5. The number of hydrogen-bond donors (Lipinski definition) is 2. The smallest absolute Gasteiger partial charge is 0.406 e. The number of halogens is 3. The molecule has 1 saturated heterocycles. The minimum atomic E-state index is -4.75. The number of alkyl halides is 3. The van der Waals surface area contributed by atoms with E-state index in [1.54, 1.807) is 0 Å². The predicted octanol–water partition coefficient (Wildman–Crippen LogP) is 1.81. The van der Waals surface area contributed by atoms with Crippen molar-refractivity contribution in [1.82, 2.24) is 15.1 Å². The average molecular weight is 414 g/mol. The van der Waals surface area contributed by atoms with Gasteiger partial charge >= 0.3 is 6.36 Å². The third kappa shape index (κ3) is 6.90. The fourth-order valence-electron chi connectivity index (χ4n) is 3.17. The molecule has 0 radical (unpaired) electrons. The maximum Gasteiger partial charge on any atom is 0.573 e. The van der Waals surface area contributed by atoms with E-state index in [0.29, 0.717) is 37.9 Å². The van der Waals surface area contributed by atoms with E-state index in [2.05, 4.69) is 20.3 Å². The Hall–Kier alpha value is -2.33. The number of rotatable bonds is 7. The van der Waals surface area contributed by atoms with Crippen LogP contribution in [0.15, 0.2) is 24.3 Å². The van der Waals surface area contributed by atoms with Crippen LogP contribution < -0.4 is 15.4 Å². The lowest BCUT2D eigenvalue weighted by atomic mass is 10.2. The van der Waals surface area contributed by atoms with Crippen molar-refractivity contribution in [3.05, 3.63) is 24.3 Å². The summed E-state index contributed by atoms with van der Waals surface area (Å²) in [5.74, 6) is -0.537. The van der Waals surface area contributed by atoms with Gasteiger partial charge in [0.15, 0.2) is 0 Å². The maximum absolute atomic E-state index is 12.2. The van der Waals surface area contributed by atoms with Crippen LogP contribution >= 0.6 is 0 Å². The van der Waals surface area contributed by atoms with Crippen LogP contribution in [0.2, 0.25) is 0 Å². The van der Waals surface area contributed by atoms with Gasteiger partial charge in [0, 0.05) is 37.9 Å². The van der Waals surface area contributed by atoms with Crippen molar-refractivity contribution >= 4 is 17.5 Å². The van der Waals surface area contributed by atoms with Crippen molar-refractivity contribution in [3.8, 4) is 5.75 Å². The number of ether oxygens (including phenoxy) is 1. The van der Waals surface area contributed by atoms with Crippen molar-refractivity contribution in [2.75, 3.05) is 38.0 Å². The van der Waals surface area contributed by atoms with E-state index in [0.717, 1.165) is 25.0 Å². The predicted molar refractivity (Wildman–Crippen MR) is 100 cm³/mol. The van der Waals surface area contributed by atoms with Gasteiger partial charge in [0.1, 0.15) is 5.75 Å². The summed E-state index contributed by atoms with van der Waals surface area (Å²) in [4.78, 5) is 28.4. The number of piperazine rings is 1. The summed E-state index contributed by atoms with van der Waals surface area (Å²) in [6.07, 6.45) is -2.64. The van der Waals surface area contributed by atoms with Gasteiger partial charge in [0.25, 0.3) is 0 Å². The first-order valence-corrected chi connectivity index (χ1v) is 9.62. The molecule has 10 heteroatoms. The molecule has 2 N–H and O–H groups in total. The van der Waals surface area contributed by atoms with Crippen molar-refractivity contribution < 1.29 is 27.5 Å². The molecule has 1 aliphatic carbocycles. The van der Waals surface area contributed by atoms with E-state index in [1.807, 2.05) is 11.8 Å². The Kier molecular flexibility index (Phi) is 6.63. The second kappa shape index (κ2) is 9.00. The zero-order valence-corrected chi connectivity index (χ0v) is 16.2. The first-order chi connectivity index (χ1) is 13.7. The number of anilines is 1. The molecule has 2 amide bonds. The monoisotopic (exact) mass is 414 g/mol. The van der Waals surface area contributed by atoms with Gasteiger partial charge in [-0.2, -0.15) is 0 Å². The van der Waals surface area contributed by atoms with Gasteiger partial charge in [-0.25, -0.2) is 0 Å². The third-order valence-corrected chi connectivity index (χ3v) is 5.00. The highest BCUT2D eigenvalue weighted by Gasteiger charge is 2.31. The third-order valence-electron chi connectivity index (χ3n) is 5.00. The Labute approximate surface area is 167 Å². The summed E-state index contributed by atoms with van der Waals surface area (Å²) in [5, 5.41) is 5.67. The lowest BCUT2D eigenvalue weighted by Gasteiger charge is -2.37. The molecular formula is C19H25F3N4O3. The molecule has 1 aromatic carbocycles. The molecule has 3 rings (SSSR count). The Morgan fingerprint density at radius 1 is 1.14 bits per heavy atom. The second-order valence-corrected chi connectivity index (χ2v) is 7.39. The first kappa shape index (κ1) is 21.4. The molecule has 0 aromatic heterocycles. The van der Waals surface area contributed by atoms with Crippen molar-refractivity contribution in [3.63, 3.8) is 0 Å². The van der Waals surface area contributed by atoms with E-state index < -0.39 is 6.36 Å². The SMILES string of the molecule is C[C@@H](C(=O)NC1CC1)N1CCN(CC(=O)Nc2ccc(OC(F)(F)F)cc2)CC1. The van der Waals surface area contributed by atoms with Gasteiger partial charge in [-0.1, -0.05) is 0 Å². The molecule has 1 heterocycles. The topological polar surface area (TPSA) is 73.9 Å². The number of benzene rings is 1. The lowest BCUT2D eigenvalue weighted by Crippen LogP contribution is -2.55. The number of nitrogens with one attached hydrogen (secondary N) is 2. The van der Waals surface area contributed by atoms with Gasteiger partial charge in [-0.3, -0.25) is 19.4 Å². The highest BCUT2D eigenvalue weighted by Crippen LogP contribution is 2.24. The Bertz CT molecular complexity index is 714. The van der Waals surface area contributed by atoms with E-state index in [-0.39, 0.29) is 30.2 Å². The summed E-state index contributed by atoms with van der Waals surface area (Å²) in [7, 11) is 0. The molecule has 0 unspecified atom stereocenters. The number of carbonyl (C=O) groups excluding carboxylic acids is 2. The Balaban J connectivity index is 1.39. The van der Waals surface area contributed by atoms with Crippen molar-refractivity contribution in [2.45, 2.75) is 38.2 Å². The van der Waals surface area contributed by atoms with Crippen LogP contribution in [0.4, 0.5) is 18.9 Å². The number of carbonyl (C=O) groups is 2. The zero-order valence-electron chi connectivity index (χ0n) is 16.2. The normalized spacial score (nSPS) is 19.4. The van der Waals surface area contributed by atoms with Crippen LogP contribution in [0.1, 0.15) is 19.8 Å². The minimum Gasteiger partial charge on any atom is -0.406 e. The lowest BCUT2D eigenvalue weighted by molar-refractivity contribution is -0.274. The van der Waals surface area contributed by atoms with Crippen molar-refractivity contribution in [2.24, 2.45) is 0 Å². The maximum atomic E-state index is 12.2. The van der Waals surface area contributed by atoms with Crippen LogP contribution in [0, 0.1) is 0 Å². The molecule has 7 nitrogen and oxygen atoms in total. The van der Waals surface area contributed by atoms with Crippen molar-refractivity contribution in [1.29, 1.82) is 0 Å². The molecule has 0 bridgehead atoms. The summed E-state index contributed by atoms with van der Waals surface area (Å²) in [5.41, 5.74) is 0.397. The van der Waals surface area contributed by atoms with Gasteiger partial charge in [-0.05, 0) is 44.0 Å². The summed E-state index contributed by atoms with van der Waals surface area (Å²) >= 11 is 0. The largest absolute Gasteiger partial charge is 0.573 e. The molecule has 1 saturated carbocycles. The number of amides is 2. The van der Waals surface area contributed by atoms with Gasteiger partial charge < -0.3 is 15.4 Å². The Morgan fingerprint density at radius 3 is 2.31 bits per heavy atom. The number of nitrogens with zero attached hydrogens (tertiary/aromatic N) is 2. The van der Waals surface area contributed by atoms with Crippen LogP contribution in [0.25, 0.3) is 0 Å². The van der Waals surface area contributed by atoms with Crippen LogP contribution in [0.5, 0.6) is 5.75 Å². The molecule has 1 aliphatic heterocycles. The molecule has 1 atom stereocenters. The summed E-state index contributed by atoms with van der Waals surface area (Å²) in [6, 6.07) is 5.16. The zero-order chi connectivity index (χ0) is 21.0. The molecule has 1 aromatic rings. The van der Waals surface area contributed by atoms with E-state index in [1.165, 1.54) is 12.1 Å². The van der Waals surface area contributed by atoms with Crippen LogP contribution in [0.3, 0.4) is 0 Å². The molecular weight excluding hydrogens is 389 g/mol. The second-order valence-electron chi connectivity index (χ2n) is 7.39. The van der Waals surface area contributed by atoms with E-state index >= 15 is 0 Å². The van der Waals surface area contributed by atoms with Gasteiger partial charge in [0.05, 0.1) is 12.6 Å². The minimum absolute atomic E-state index is 0.0524. The van der Waals surface area contributed by atoms with Gasteiger partial charge in [-0.15, -0.1) is 13.2 Å². The highest BCUT2D eigenvalue weighted by molar-refractivity contribution is 5.92. The standard InChI is InChI=1S/C19H25F3N4O3/c1-13(18(28)24-15-2-3-15)26-10-8-25(9-11-26)12-17(27)23-14-4-6-16(7-5-14)29-19(20,21)22/h4-7,13,15H,2-3,8-12H2,1H3,(H,23,27)(H,24,28)/t13-/m0/s1. The molecule has 2 fully saturated rings.